The third-order valence-electron chi connectivity index (χ3n) is 8.56. The van der Waals surface area contributed by atoms with E-state index in [1.807, 2.05) is 67.3 Å². The van der Waals surface area contributed by atoms with Crippen LogP contribution in [0.4, 0.5) is 5.69 Å². The second-order valence-corrected chi connectivity index (χ2v) is 12.4. The maximum absolute atomic E-state index is 14.3. The van der Waals surface area contributed by atoms with Crippen LogP contribution in [0, 0.1) is 11.8 Å². The van der Waals surface area contributed by atoms with E-state index in [1.54, 1.807) is 28.5 Å². The molecule has 0 aliphatic carbocycles. The van der Waals surface area contributed by atoms with Crippen molar-refractivity contribution in [1.29, 1.82) is 0 Å². The van der Waals surface area contributed by atoms with Crippen molar-refractivity contribution >= 4 is 35.2 Å². The second-order valence-electron chi connectivity index (χ2n) is 11.0. The van der Waals surface area contributed by atoms with Gasteiger partial charge in [0.05, 0.1) is 35.8 Å². The Balaban J connectivity index is 1.55. The molecule has 0 aromatic heterocycles. The highest BCUT2D eigenvalue weighted by Crippen LogP contribution is 2.61. The maximum Gasteiger partial charge on any atom is 0.247 e. The first-order valence-corrected chi connectivity index (χ1v) is 15.0. The molecule has 5 rings (SSSR count). The maximum atomic E-state index is 14.3. The van der Waals surface area contributed by atoms with Gasteiger partial charge < -0.3 is 24.5 Å². The standard InChI is InChI=1S/C30H39N3O5S/c1-5-9-19(3)31-17-8-15-30-25(28(36)33(20(4)18-34)26(30)29(31)37)24-23(39-30)10-7-16-32(27(24)35)21-11-13-22(14-12-21)38-6-2/h7-8,10-15,19-20,23-26,34H,5-6,9,16-18H2,1-4H3/t19?,20-,23-,24+,25+,26?,30+/m1/s1. The first kappa shape index (κ1) is 27.8. The topological polar surface area (TPSA) is 90.4 Å². The molecule has 1 N–H and O–H groups in total. The van der Waals surface area contributed by atoms with Crippen LogP contribution in [0.1, 0.15) is 40.5 Å². The molecule has 1 spiro atoms. The molecule has 1 aromatic rings. The van der Waals surface area contributed by atoms with Gasteiger partial charge in [0.15, 0.2) is 0 Å². The molecule has 9 heteroatoms. The summed E-state index contributed by atoms with van der Waals surface area (Å²) in [5, 5.41) is 9.89. The third-order valence-corrected chi connectivity index (χ3v) is 10.3. The molecule has 0 bridgehead atoms. The number of nitrogens with zero attached hydrogens (tertiary/aromatic N) is 3. The highest BCUT2D eigenvalue weighted by Gasteiger charge is 2.71. The number of carbonyl (C=O) groups is 3. The Hall–Kier alpha value is -2.78. The Labute approximate surface area is 235 Å². The largest absolute Gasteiger partial charge is 0.494 e. The summed E-state index contributed by atoms with van der Waals surface area (Å²) >= 11 is 1.57. The second kappa shape index (κ2) is 11.0. The number of hydrogen-bond acceptors (Lipinski definition) is 6. The van der Waals surface area contributed by atoms with Crippen LogP contribution in [0.2, 0.25) is 0 Å². The van der Waals surface area contributed by atoms with Crippen molar-refractivity contribution in [2.45, 2.75) is 68.7 Å². The number of aliphatic hydroxyl groups excluding tert-OH is 1. The van der Waals surface area contributed by atoms with Gasteiger partial charge >= 0.3 is 0 Å². The van der Waals surface area contributed by atoms with E-state index in [4.69, 9.17) is 4.74 Å². The molecule has 8 nitrogen and oxygen atoms in total. The van der Waals surface area contributed by atoms with Crippen LogP contribution in [0.25, 0.3) is 0 Å². The average Bonchev–Trinajstić information content (AvgIpc) is 3.25. The van der Waals surface area contributed by atoms with Gasteiger partial charge in [0.2, 0.25) is 17.7 Å². The summed E-state index contributed by atoms with van der Waals surface area (Å²) in [6, 6.07) is 6.16. The number of amides is 3. The van der Waals surface area contributed by atoms with E-state index < -0.39 is 28.7 Å². The molecule has 0 saturated carbocycles. The zero-order chi connectivity index (χ0) is 27.9. The fourth-order valence-corrected chi connectivity index (χ4v) is 8.74. The average molecular weight is 554 g/mol. The first-order chi connectivity index (χ1) is 18.8. The summed E-state index contributed by atoms with van der Waals surface area (Å²) in [5.41, 5.74) is 0.745. The zero-order valence-electron chi connectivity index (χ0n) is 23.2. The van der Waals surface area contributed by atoms with Gasteiger partial charge in [-0.15, -0.1) is 11.8 Å². The van der Waals surface area contributed by atoms with E-state index in [1.165, 1.54) is 0 Å². The minimum Gasteiger partial charge on any atom is -0.494 e. The quantitative estimate of drug-likeness (QED) is 0.497. The number of likely N-dealkylation sites (tertiary alicyclic amines) is 1. The summed E-state index contributed by atoms with van der Waals surface area (Å²) in [5.74, 6) is -1.02. The van der Waals surface area contributed by atoms with Crippen LogP contribution in [0.15, 0.2) is 48.6 Å². The lowest BCUT2D eigenvalue weighted by Gasteiger charge is -2.39. The Kier molecular flexibility index (Phi) is 7.84. The Bertz CT molecular complexity index is 1170. The molecule has 2 unspecified atom stereocenters. The lowest BCUT2D eigenvalue weighted by atomic mass is 9.78. The molecule has 0 radical (unpaired) electrons. The predicted molar refractivity (Wildman–Crippen MR) is 153 cm³/mol. The molecule has 39 heavy (non-hydrogen) atoms. The monoisotopic (exact) mass is 553 g/mol. The smallest absolute Gasteiger partial charge is 0.247 e. The molecule has 2 saturated heterocycles. The van der Waals surface area contributed by atoms with E-state index in [-0.39, 0.29) is 35.6 Å². The highest BCUT2D eigenvalue weighted by molar-refractivity contribution is 8.02. The Morgan fingerprint density at radius 1 is 1.03 bits per heavy atom. The number of anilines is 1. The predicted octanol–water partition coefficient (Wildman–Crippen LogP) is 3.25. The van der Waals surface area contributed by atoms with Gasteiger partial charge in [-0.05, 0) is 51.5 Å². The summed E-state index contributed by atoms with van der Waals surface area (Å²) in [4.78, 5) is 48.0. The number of thioether (sulfide) groups is 1. The van der Waals surface area contributed by atoms with Crippen LogP contribution in [0.3, 0.4) is 0 Å². The van der Waals surface area contributed by atoms with Crippen molar-refractivity contribution in [2.75, 3.05) is 31.2 Å². The molecule has 7 atom stereocenters. The van der Waals surface area contributed by atoms with Crippen LogP contribution >= 0.6 is 11.8 Å². The van der Waals surface area contributed by atoms with Gasteiger partial charge in [0.25, 0.3) is 0 Å². The van der Waals surface area contributed by atoms with Crippen LogP contribution in [-0.4, -0.2) is 87.1 Å². The minimum absolute atomic E-state index is 0.0243. The number of rotatable bonds is 8. The molecule has 2 fully saturated rings. The van der Waals surface area contributed by atoms with Gasteiger partial charge in [0.1, 0.15) is 11.8 Å². The van der Waals surface area contributed by atoms with Crippen molar-refractivity contribution in [3.63, 3.8) is 0 Å². The summed E-state index contributed by atoms with van der Waals surface area (Å²) < 4.78 is 4.69. The molecular formula is C30H39N3O5S. The van der Waals surface area contributed by atoms with Gasteiger partial charge in [0, 0.05) is 30.1 Å². The lowest BCUT2D eigenvalue weighted by molar-refractivity contribution is -0.146. The van der Waals surface area contributed by atoms with Crippen LogP contribution < -0.4 is 9.64 Å². The first-order valence-electron chi connectivity index (χ1n) is 14.1. The summed E-state index contributed by atoms with van der Waals surface area (Å²) in [6.07, 6.45) is 9.89. The normalized spacial score (nSPS) is 31.5. The molecule has 1 aromatic carbocycles. The van der Waals surface area contributed by atoms with Crippen LogP contribution in [0.5, 0.6) is 5.75 Å². The number of benzene rings is 1. The molecule has 3 amide bonds. The van der Waals surface area contributed by atoms with Gasteiger partial charge in [-0.2, -0.15) is 0 Å². The number of hydrogen-bond donors (Lipinski definition) is 1. The van der Waals surface area contributed by atoms with E-state index in [9.17, 15) is 19.5 Å². The van der Waals surface area contributed by atoms with E-state index in [0.29, 0.717) is 19.7 Å². The Morgan fingerprint density at radius 2 is 1.77 bits per heavy atom. The highest BCUT2D eigenvalue weighted by atomic mass is 32.2. The number of fused-ring (bicyclic) bond motifs is 2. The van der Waals surface area contributed by atoms with Gasteiger partial charge in [-0.25, -0.2) is 0 Å². The minimum atomic E-state index is -0.880. The zero-order valence-corrected chi connectivity index (χ0v) is 24.0. The SMILES string of the molecule is CCCC(C)N1CC=C[C@]23S[C@@H]4C=CCN(c5ccc(OCC)cc5)C(=O)[C@@H]4[C@H]2C(=O)N([C@H](C)CO)C3C1=O. The van der Waals surface area contributed by atoms with E-state index in [0.717, 1.165) is 24.3 Å². The number of aliphatic hydroxyl groups is 1. The molecule has 4 aliphatic rings. The van der Waals surface area contributed by atoms with Crippen molar-refractivity contribution in [3.05, 3.63) is 48.6 Å². The van der Waals surface area contributed by atoms with Crippen molar-refractivity contribution in [1.82, 2.24) is 9.80 Å². The molecule has 4 heterocycles. The van der Waals surface area contributed by atoms with E-state index in [2.05, 4.69) is 6.92 Å². The van der Waals surface area contributed by atoms with Crippen LogP contribution in [-0.2, 0) is 14.4 Å². The fourth-order valence-electron chi connectivity index (χ4n) is 6.75. The Morgan fingerprint density at radius 3 is 2.44 bits per heavy atom. The van der Waals surface area contributed by atoms with Gasteiger partial charge in [-0.3, -0.25) is 14.4 Å². The van der Waals surface area contributed by atoms with Crippen molar-refractivity contribution in [3.8, 4) is 5.75 Å². The summed E-state index contributed by atoms with van der Waals surface area (Å²) in [6.45, 7) is 9.03. The van der Waals surface area contributed by atoms with Crippen molar-refractivity contribution in [2.24, 2.45) is 11.8 Å². The summed E-state index contributed by atoms with van der Waals surface area (Å²) in [7, 11) is 0. The van der Waals surface area contributed by atoms with Crippen molar-refractivity contribution < 1.29 is 24.2 Å². The molecule has 210 valence electrons. The number of carbonyl (C=O) groups excluding carboxylic acids is 3. The molecular weight excluding hydrogens is 514 g/mol. The molecule has 4 aliphatic heterocycles. The third kappa shape index (κ3) is 4.47. The fraction of sp³-hybridized carbons (Fsp3) is 0.567. The van der Waals surface area contributed by atoms with Gasteiger partial charge in [-0.1, -0.05) is 37.6 Å². The van der Waals surface area contributed by atoms with E-state index >= 15 is 0 Å². The number of ether oxygens (including phenoxy) is 1. The lowest BCUT2D eigenvalue weighted by Crippen LogP contribution is -2.57.